The number of carboxylic acids is 1. The number of carboxylic acid groups (broad SMARTS) is 1. The minimum absolute atomic E-state index is 0.0207. The van der Waals surface area contributed by atoms with Gasteiger partial charge in [0.1, 0.15) is 10.1 Å². The fourth-order valence-corrected chi connectivity index (χ4v) is 3.71. The van der Waals surface area contributed by atoms with Gasteiger partial charge in [0.05, 0.1) is 12.0 Å². The van der Waals surface area contributed by atoms with E-state index in [-0.39, 0.29) is 12.3 Å². The zero-order valence-corrected chi connectivity index (χ0v) is 15.4. The van der Waals surface area contributed by atoms with Gasteiger partial charge in [-0.2, -0.15) is 0 Å². The number of aliphatic carboxylic acids is 1. The SMILES string of the molecule is COc1cc(C)c(C=C2SC(=S)N(CCCC(=O)O)C2=O)cc1C. The van der Waals surface area contributed by atoms with Crippen LogP contribution < -0.4 is 4.74 Å². The molecule has 24 heavy (non-hydrogen) atoms. The summed E-state index contributed by atoms with van der Waals surface area (Å²) < 4.78 is 5.77. The zero-order valence-electron chi connectivity index (χ0n) is 13.8. The number of benzene rings is 1. The number of ether oxygens (including phenoxy) is 1. The van der Waals surface area contributed by atoms with Gasteiger partial charge in [0.15, 0.2) is 0 Å². The highest BCUT2D eigenvalue weighted by atomic mass is 32.2. The second-order valence-electron chi connectivity index (χ2n) is 5.51. The lowest BCUT2D eigenvalue weighted by Gasteiger charge is -2.13. The van der Waals surface area contributed by atoms with Gasteiger partial charge in [-0.25, -0.2) is 0 Å². The molecular formula is C17H19NO4S2. The lowest BCUT2D eigenvalue weighted by Crippen LogP contribution is -2.29. The van der Waals surface area contributed by atoms with Crippen molar-refractivity contribution >= 4 is 46.3 Å². The van der Waals surface area contributed by atoms with Gasteiger partial charge in [0.25, 0.3) is 5.91 Å². The van der Waals surface area contributed by atoms with Crippen LogP contribution in [0.15, 0.2) is 17.0 Å². The largest absolute Gasteiger partial charge is 0.496 e. The summed E-state index contributed by atoms with van der Waals surface area (Å²) in [4.78, 5) is 25.1. The van der Waals surface area contributed by atoms with Gasteiger partial charge in [-0.1, -0.05) is 24.0 Å². The van der Waals surface area contributed by atoms with E-state index >= 15 is 0 Å². The Morgan fingerprint density at radius 2 is 2.08 bits per heavy atom. The molecule has 7 heteroatoms. The van der Waals surface area contributed by atoms with Gasteiger partial charge >= 0.3 is 5.97 Å². The molecule has 1 amide bonds. The Bertz CT molecular complexity index is 728. The molecule has 128 valence electrons. The van der Waals surface area contributed by atoms with E-state index in [0.29, 0.717) is 22.2 Å². The Morgan fingerprint density at radius 3 is 2.71 bits per heavy atom. The van der Waals surface area contributed by atoms with Gasteiger partial charge in [-0.15, -0.1) is 0 Å². The molecule has 5 nitrogen and oxygen atoms in total. The second-order valence-corrected chi connectivity index (χ2v) is 7.18. The summed E-state index contributed by atoms with van der Waals surface area (Å²) in [5.41, 5.74) is 2.94. The fraction of sp³-hybridized carbons (Fsp3) is 0.353. The number of thiocarbonyl (C=S) groups is 1. The van der Waals surface area contributed by atoms with Crippen LogP contribution in [0.5, 0.6) is 5.75 Å². The van der Waals surface area contributed by atoms with Crippen molar-refractivity contribution in [3.05, 3.63) is 33.7 Å². The van der Waals surface area contributed by atoms with Gasteiger partial charge in [0.2, 0.25) is 0 Å². The molecule has 1 saturated heterocycles. The quantitative estimate of drug-likeness (QED) is 0.616. The monoisotopic (exact) mass is 365 g/mol. The lowest BCUT2D eigenvalue weighted by atomic mass is 10.0. The van der Waals surface area contributed by atoms with Crippen molar-refractivity contribution in [1.29, 1.82) is 0 Å². The summed E-state index contributed by atoms with van der Waals surface area (Å²) in [7, 11) is 1.63. The van der Waals surface area contributed by atoms with Crippen molar-refractivity contribution in [3.63, 3.8) is 0 Å². The van der Waals surface area contributed by atoms with Crippen molar-refractivity contribution in [2.45, 2.75) is 26.7 Å². The molecule has 0 spiro atoms. The number of aryl methyl sites for hydroxylation is 2. The Morgan fingerprint density at radius 1 is 1.38 bits per heavy atom. The molecule has 1 aromatic carbocycles. The van der Waals surface area contributed by atoms with Crippen LogP contribution in [0.3, 0.4) is 0 Å². The average Bonchev–Trinajstić information content (AvgIpc) is 2.77. The third kappa shape index (κ3) is 4.15. The molecule has 0 radical (unpaired) electrons. The molecule has 1 fully saturated rings. The molecule has 1 N–H and O–H groups in total. The van der Waals surface area contributed by atoms with E-state index in [9.17, 15) is 9.59 Å². The molecule has 1 aliphatic rings. The number of rotatable bonds is 6. The normalized spacial score (nSPS) is 16.1. The first-order valence-corrected chi connectivity index (χ1v) is 8.68. The maximum absolute atomic E-state index is 12.5. The number of carbonyl (C=O) groups excluding carboxylic acids is 1. The van der Waals surface area contributed by atoms with Crippen molar-refractivity contribution in [2.24, 2.45) is 0 Å². The first-order chi connectivity index (χ1) is 11.3. The summed E-state index contributed by atoms with van der Waals surface area (Å²) in [5, 5.41) is 8.70. The number of hydrogen-bond donors (Lipinski definition) is 1. The summed E-state index contributed by atoms with van der Waals surface area (Å²) in [5.74, 6) is -0.227. The summed E-state index contributed by atoms with van der Waals surface area (Å²) in [6, 6.07) is 3.92. The third-order valence-corrected chi connectivity index (χ3v) is 5.09. The Labute approximate surface area is 150 Å². The van der Waals surface area contributed by atoms with E-state index in [1.165, 1.54) is 16.7 Å². The maximum Gasteiger partial charge on any atom is 0.303 e. The third-order valence-electron chi connectivity index (χ3n) is 3.72. The van der Waals surface area contributed by atoms with Crippen molar-refractivity contribution in [2.75, 3.05) is 13.7 Å². The van der Waals surface area contributed by atoms with E-state index in [2.05, 4.69) is 0 Å². The predicted octanol–water partition coefficient (Wildman–Crippen LogP) is 3.38. The highest BCUT2D eigenvalue weighted by molar-refractivity contribution is 8.26. The van der Waals surface area contributed by atoms with Gasteiger partial charge in [-0.05, 0) is 55.2 Å². The highest BCUT2D eigenvalue weighted by Crippen LogP contribution is 2.34. The van der Waals surface area contributed by atoms with E-state index in [1.54, 1.807) is 7.11 Å². The minimum Gasteiger partial charge on any atom is -0.496 e. The topological polar surface area (TPSA) is 66.8 Å². The van der Waals surface area contributed by atoms with Crippen molar-refractivity contribution in [3.8, 4) is 5.75 Å². The first kappa shape index (κ1) is 18.5. The van der Waals surface area contributed by atoms with Crippen LogP contribution in [0.1, 0.15) is 29.5 Å². The molecule has 0 aromatic heterocycles. The van der Waals surface area contributed by atoms with Crippen molar-refractivity contribution < 1.29 is 19.4 Å². The number of thioether (sulfide) groups is 1. The fourth-order valence-electron chi connectivity index (χ4n) is 2.41. The molecule has 1 aromatic rings. The van der Waals surface area contributed by atoms with Gasteiger partial charge < -0.3 is 9.84 Å². The highest BCUT2D eigenvalue weighted by Gasteiger charge is 2.31. The number of methoxy groups -OCH3 is 1. The predicted molar refractivity (Wildman–Crippen MR) is 99.2 cm³/mol. The Kier molecular flexibility index (Phi) is 6.01. The Balaban J connectivity index is 2.19. The molecular weight excluding hydrogens is 346 g/mol. The van der Waals surface area contributed by atoms with E-state index in [1.807, 2.05) is 32.1 Å². The molecule has 0 bridgehead atoms. The van der Waals surface area contributed by atoms with Crippen LogP contribution in [-0.4, -0.2) is 39.9 Å². The molecule has 0 unspecified atom stereocenters. The minimum atomic E-state index is -0.875. The maximum atomic E-state index is 12.5. The van der Waals surface area contributed by atoms with Crippen LogP contribution in [0.4, 0.5) is 0 Å². The molecule has 0 atom stereocenters. The van der Waals surface area contributed by atoms with Crippen LogP contribution in [0, 0.1) is 13.8 Å². The lowest BCUT2D eigenvalue weighted by molar-refractivity contribution is -0.137. The van der Waals surface area contributed by atoms with E-state index in [4.69, 9.17) is 22.1 Å². The molecule has 0 saturated carbocycles. The van der Waals surface area contributed by atoms with Crippen LogP contribution in [0.2, 0.25) is 0 Å². The number of hydrogen-bond acceptors (Lipinski definition) is 5. The van der Waals surface area contributed by atoms with Crippen molar-refractivity contribution in [1.82, 2.24) is 4.90 Å². The average molecular weight is 365 g/mol. The summed E-state index contributed by atoms with van der Waals surface area (Å²) in [6.07, 6.45) is 2.24. The van der Waals surface area contributed by atoms with Crippen LogP contribution in [-0.2, 0) is 9.59 Å². The standard InChI is InChI=1S/C17H19NO4S2/c1-10-8-13(22-3)11(2)7-12(10)9-14-16(21)18(17(23)24-14)6-4-5-15(19)20/h7-9H,4-6H2,1-3H3,(H,19,20). The van der Waals surface area contributed by atoms with Crippen LogP contribution in [0.25, 0.3) is 6.08 Å². The smallest absolute Gasteiger partial charge is 0.303 e. The Hall–Kier alpha value is -1.86. The molecule has 1 heterocycles. The van der Waals surface area contributed by atoms with Gasteiger partial charge in [-0.3, -0.25) is 14.5 Å². The summed E-state index contributed by atoms with van der Waals surface area (Å²) >= 11 is 6.50. The number of nitrogens with zero attached hydrogens (tertiary/aromatic N) is 1. The molecule has 1 aliphatic heterocycles. The van der Waals surface area contributed by atoms with E-state index < -0.39 is 5.97 Å². The summed E-state index contributed by atoms with van der Waals surface area (Å²) in [6.45, 7) is 4.24. The zero-order chi connectivity index (χ0) is 17.9. The molecule has 2 rings (SSSR count). The number of carbonyl (C=O) groups is 2. The van der Waals surface area contributed by atoms with E-state index in [0.717, 1.165) is 22.4 Å². The van der Waals surface area contributed by atoms with Crippen LogP contribution >= 0.6 is 24.0 Å². The molecule has 0 aliphatic carbocycles. The number of amides is 1. The second kappa shape index (κ2) is 7.81. The van der Waals surface area contributed by atoms with Gasteiger partial charge in [0, 0.05) is 13.0 Å². The first-order valence-electron chi connectivity index (χ1n) is 7.46.